The van der Waals surface area contributed by atoms with E-state index in [4.69, 9.17) is 4.74 Å². The van der Waals surface area contributed by atoms with Gasteiger partial charge in [-0.05, 0) is 35.8 Å². The third-order valence-corrected chi connectivity index (χ3v) is 4.77. The zero-order chi connectivity index (χ0) is 14.3. The van der Waals surface area contributed by atoms with Crippen molar-refractivity contribution >= 4 is 34.3 Å². The fraction of sp³-hybridized carbons (Fsp3) is 0.500. The van der Waals surface area contributed by atoms with Crippen molar-refractivity contribution in [1.82, 2.24) is 0 Å². The number of carbonyl (C=O) groups excluding carboxylic acids is 1. The molecule has 1 aromatic carbocycles. The van der Waals surface area contributed by atoms with Gasteiger partial charge in [0.05, 0.1) is 7.11 Å². The summed E-state index contributed by atoms with van der Waals surface area (Å²) in [6.45, 7) is 4.08. The molecule has 0 N–H and O–H groups in total. The monoisotopic (exact) mass is 299 g/mol. The number of ether oxygens (including phenoxy) is 1. The number of hydrogen-bond acceptors (Lipinski definition) is 5. The Morgan fingerprint density at radius 3 is 2.37 bits per heavy atom. The zero-order valence-electron chi connectivity index (χ0n) is 11.9. The molecule has 1 unspecified atom stereocenters. The van der Waals surface area contributed by atoms with E-state index in [0.717, 1.165) is 22.9 Å². The lowest BCUT2D eigenvalue weighted by Crippen LogP contribution is -2.34. The minimum atomic E-state index is -0.136. The van der Waals surface area contributed by atoms with E-state index in [1.54, 1.807) is 18.9 Å². The Morgan fingerprint density at radius 2 is 1.89 bits per heavy atom. The van der Waals surface area contributed by atoms with Crippen molar-refractivity contribution in [3.05, 3.63) is 24.3 Å². The molecule has 0 bridgehead atoms. The van der Waals surface area contributed by atoms with Crippen LogP contribution in [-0.2, 0) is 4.79 Å². The highest BCUT2D eigenvalue weighted by atomic mass is 32.2. The van der Waals surface area contributed by atoms with Crippen molar-refractivity contribution < 1.29 is 9.53 Å². The molecular formula is C14H21NO2S2. The van der Waals surface area contributed by atoms with Crippen LogP contribution in [-0.4, -0.2) is 36.2 Å². The molecule has 0 aliphatic heterocycles. The Bertz CT molecular complexity index is 395. The molecule has 0 heterocycles. The van der Waals surface area contributed by atoms with E-state index >= 15 is 0 Å². The van der Waals surface area contributed by atoms with Crippen LogP contribution in [0, 0.1) is 0 Å². The molecule has 0 amide bonds. The van der Waals surface area contributed by atoms with Crippen LogP contribution in [0.3, 0.4) is 0 Å². The fourth-order valence-corrected chi connectivity index (χ4v) is 3.45. The molecule has 0 aliphatic carbocycles. The third-order valence-electron chi connectivity index (χ3n) is 2.64. The van der Waals surface area contributed by atoms with Gasteiger partial charge in [-0.15, -0.1) is 11.8 Å². The first-order valence-electron chi connectivity index (χ1n) is 6.29. The predicted octanol–water partition coefficient (Wildman–Crippen LogP) is 3.49. The van der Waals surface area contributed by atoms with Gasteiger partial charge in [0, 0.05) is 12.7 Å². The summed E-state index contributed by atoms with van der Waals surface area (Å²) < 4.78 is 5.15. The summed E-state index contributed by atoms with van der Waals surface area (Å²) in [7, 11) is 3.61. The van der Waals surface area contributed by atoms with E-state index in [-0.39, 0.29) is 10.5 Å². The Kier molecular flexibility index (Phi) is 7.16. The van der Waals surface area contributed by atoms with Crippen molar-refractivity contribution in [2.24, 2.45) is 0 Å². The second kappa shape index (κ2) is 8.38. The van der Waals surface area contributed by atoms with Gasteiger partial charge in [-0.2, -0.15) is 0 Å². The summed E-state index contributed by atoms with van der Waals surface area (Å²) in [6.07, 6.45) is 0. The Hall–Kier alpha value is -0.810. The maximum absolute atomic E-state index is 12.1. The summed E-state index contributed by atoms with van der Waals surface area (Å²) >= 11 is 3.05. The Labute approximate surface area is 124 Å². The topological polar surface area (TPSA) is 29.5 Å². The van der Waals surface area contributed by atoms with Crippen LogP contribution in [0.4, 0.5) is 5.69 Å². The number of nitrogens with zero attached hydrogens (tertiary/aromatic N) is 1. The molecule has 19 heavy (non-hydrogen) atoms. The number of benzene rings is 1. The van der Waals surface area contributed by atoms with Crippen molar-refractivity contribution in [2.75, 3.05) is 30.6 Å². The number of methoxy groups -OCH3 is 1. The number of hydrogen-bond donors (Lipinski definition) is 0. The molecule has 0 spiro atoms. The molecule has 0 saturated heterocycles. The van der Waals surface area contributed by atoms with E-state index in [1.165, 1.54) is 11.8 Å². The number of carbonyl (C=O) groups is 1. The predicted molar refractivity (Wildman–Crippen MR) is 86.5 cm³/mol. The molecule has 1 atom stereocenters. The van der Waals surface area contributed by atoms with Gasteiger partial charge in [-0.3, -0.25) is 4.79 Å². The van der Waals surface area contributed by atoms with Crippen LogP contribution in [0.1, 0.15) is 13.8 Å². The van der Waals surface area contributed by atoms with Gasteiger partial charge in [0.1, 0.15) is 11.1 Å². The molecule has 0 aliphatic rings. The van der Waals surface area contributed by atoms with E-state index in [0.29, 0.717) is 0 Å². The molecule has 1 aromatic rings. The highest BCUT2D eigenvalue weighted by Gasteiger charge is 2.23. The average Bonchev–Trinajstić information content (AvgIpc) is 2.44. The Morgan fingerprint density at radius 1 is 1.26 bits per heavy atom. The van der Waals surface area contributed by atoms with Gasteiger partial charge in [0.2, 0.25) is 5.12 Å². The van der Waals surface area contributed by atoms with Crippen LogP contribution in [0.15, 0.2) is 24.3 Å². The van der Waals surface area contributed by atoms with Crippen LogP contribution in [0.5, 0.6) is 5.75 Å². The van der Waals surface area contributed by atoms with Crippen molar-refractivity contribution in [2.45, 2.75) is 19.2 Å². The van der Waals surface area contributed by atoms with Gasteiger partial charge in [-0.1, -0.05) is 25.6 Å². The molecule has 1 rings (SSSR count). The summed E-state index contributed by atoms with van der Waals surface area (Å²) in [4.78, 5) is 14.2. The summed E-state index contributed by atoms with van der Waals surface area (Å²) in [6, 6.07) is 7.78. The maximum Gasteiger partial charge on any atom is 0.221 e. The summed E-state index contributed by atoms with van der Waals surface area (Å²) in [5.74, 6) is 2.56. The highest BCUT2D eigenvalue weighted by molar-refractivity contribution is 8.16. The second-order valence-corrected chi connectivity index (χ2v) is 6.49. The molecule has 0 fully saturated rings. The molecule has 0 saturated carbocycles. The van der Waals surface area contributed by atoms with Gasteiger partial charge in [0.15, 0.2) is 0 Å². The van der Waals surface area contributed by atoms with Crippen molar-refractivity contribution in [1.29, 1.82) is 0 Å². The summed E-state index contributed by atoms with van der Waals surface area (Å²) in [5.41, 5.74) is 1.02. The van der Waals surface area contributed by atoms with E-state index in [1.807, 2.05) is 43.1 Å². The SMILES string of the molecule is CCSC(=O)C(SCC)N(C)c1ccc(OC)cc1. The molecule has 3 nitrogen and oxygen atoms in total. The normalized spacial score (nSPS) is 12.0. The average molecular weight is 299 g/mol. The van der Waals surface area contributed by atoms with Gasteiger partial charge in [-0.25, -0.2) is 0 Å². The minimum Gasteiger partial charge on any atom is -0.497 e. The van der Waals surface area contributed by atoms with Crippen LogP contribution >= 0.6 is 23.5 Å². The first-order chi connectivity index (χ1) is 9.13. The third kappa shape index (κ3) is 4.66. The lowest BCUT2D eigenvalue weighted by atomic mass is 10.3. The fourth-order valence-electron chi connectivity index (χ4n) is 1.66. The lowest BCUT2D eigenvalue weighted by Gasteiger charge is -2.27. The van der Waals surface area contributed by atoms with E-state index in [9.17, 15) is 4.79 Å². The van der Waals surface area contributed by atoms with Crippen molar-refractivity contribution in [3.63, 3.8) is 0 Å². The molecule has 0 radical (unpaired) electrons. The van der Waals surface area contributed by atoms with E-state index < -0.39 is 0 Å². The minimum absolute atomic E-state index is 0.136. The van der Waals surface area contributed by atoms with Gasteiger partial charge in [0.25, 0.3) is 0 Å². The molecule has 106 valence electrons. The number of anilines is 1. The van der Waals surface area contributed by atoms with Crippen molar-refractivity contribution in [3.8, 4) is 5.75 Å². The largest absolute Gasteiger partial charge is 0.497 e. The Balaban J connectivity index is 2.84. The number of rotatable bonds is 7. The smallest absolute Gasteiger partial charge is 0.221 e. The van der Waals surface area contributed by atoms with Gasteiger partial charge < -0.3 is 9.64 Å². The quantitative estimate of drug-likeness (QED) is 0.719. The molecule has 5 heteroatoms. The zero-order valence-corrected chi connectivity index (χ0v) is 13.5. The molecule has 0 aromatic heterocycles. The summed E-state index contributed by atoms with van der Waals surface area (Å²) in [5, 5.41) is 0.0796. The van der Waals surface area contributed by atoms with Gasteiger partial charge >= 0.3 is 0 Å². The lowest BCUT2D eigenvalue weighted by molar-refractivity contribution is -0.110. The van der Waals surface area contributed by atoms with Crippen LogP contribution in [0.25, 0.3) is 0 Å². The second-order valence-electron chi connectivity index (χ2n) is 3.87. The number of likely N-dealkylation sites (N-methyl/N-ethyl adjacent to an activating group) is 1. The highest BCUT2D eigenvalue weighted by Crippen LogP contribution is 2.27. The van der Waals surface area contributed by atoms with Crippen LogP contribution < -0.4 is 9.64 Å². The first-order valence-corrected chi connectivity index (χ1v) is 8.32. The van der Waals surface area contributed by atoms with Crippen LogP contribution in [0.2, 0.25) is 0 Å². The standard InChI is InChI=1S/C14H21NO2S2/c1-5-18-13(14(16)19-6-2)15(3)11-7-9-12(17-4)10-8-11/h7-10,13H,5-6H2,1-4H3. The van der Waals surface area contributed by atoms with E-state index in [2.05, 4.69) is 6.92 Å². The first kappa shape index (κ1) is 16.2. The molecular weight excluding hydrogens is 278 g/mol. The maximum atomic E-state index is 12.1. The number of thioether (sulfide) groups is 2.